The van der Waals surface area contributed by atoms with Crippen LogP contribution in [0.4, 0.5) is 17.1 Å². The van der Waals surface area contributed by atoms with Crippen LogP contribution in [0.2, 0.25) is 5.02 Å². The van der Waals surface area contributed by atoms with E-state index < -0.39 is 5.97 Å². The smallest absolute Gasteiger partial charge is 0.373 e. The minimum Gasteiger partial charge on any atom is -0.486 e. The van der Waals surface area contributed by atoms with Crippen molar-refractivity contribution >= 4 is 57.6 Å². The third-order valence-electron chi connectivity index (χ3n) is 6.12. The van der Waals surface area contributed by atoms with Crippen molar-refractivity contribution in [1.29, 1.82) is 5.26 Å². The van der Waals surface area contributed by atoms with Crippen molar-refractivity contribution < 1.29 is 33.8 Å². The molecule has 4 rings (SSSR count). The average molecular weight is 675 g/mol. The lowest BCUT2D eigenvalue weighted by Crippen LogP contribution is -2.14. The number of nitriles is 1. The molecule has 4 aromatic rings. The Balaban J connectivity index is 0.000000900. The van der Waals surface area contributed by atoms with E-state index in [0.717, 1.165) is 11.3 Å². The number of fused-ring (bicyclic) bond motifs is 1. The molecule has 0 unspecified atom stereocenters. The van der Waals surface area contributed by atoms with Gasteiger partial charge in [-0.1, -0.05) is 30.7 Å². The molecule has 0 atom stereocenters. The number of methoxy groups -OCH3 is 1. The lowest BCUT2D eigenvalue weighted by molar-refractivity contribution is -0.191. The molecule has 3 N–H and O–H groups in total. The fraction of sp³-hybridized carbons (Fsp3) is 0.235. The molecule has 0 aliphatic carbocycles. The first-order valence-corrected chi connectivity index (χ1v) is 14.7. The molecule has 250 valence electrons. The second-order valence-corrected chi connectivity index (χ2v) is 10.4. The summed E-state index contributed by atoms with van der Waals surface area (Å²) in [4.78, 5) is 48.9. The summed E-state index contributed by atoms with van der Waals surface area (Å²) in [7, 11) is 5.43. The van der Waals surface area contributed by atoms with Gasteiger partial charge in [-0.2, -0.15) is 14.9 Å². The molecule has 0 saturated heterocycles. The van der Waals surface area contributed by atoms with E-state index in [1.807, 2.05) is 49.3 Å². The molecular formula is C34H35ClN6O7. The van der Waals surface area contributed by atoms with Gasteiger partial charge < -0.3 is 30.1 Å². The van der Waals surface area contributed by atoms with E-state index in [0.29, 0.717) is 50.8 Å². The molecule has 0 saturated carbocycles. The van der Waals surface area contributed by atoms with Crippen molar-refractivity contribution in [2.75, 3.05) is 38.4 Å². The van der Waals surface area contributed by atoms with Crippen LogP contribution in [0, 0.1) is 11.3 Å². The fourth-order valence-electron chi connectivity index (χ4n) is 3.91. The van der Waals surface area contributed by atoms with Crippen molar-refractivity contribution in [3.05, 3.63) is 94.9 Å². The molecule has 1 amide bonds. The number of carbonyl (C=O) groups excluding carboxylic acids is 3. The van der Waals surface area contributed by atoms with Crippen LogP contribution in [0.15, 0.2) is 73.1 Å². The summed E-state index contributed by atoms with van der Waals surface area (Å²) in [6, 6.07) is 16.7. The van der Waals surface area contributed by atoms with Crippen LogP contribution in [0.3, 0.4) is 0 Å². The van der Waals surface area contributed by atoms with Gasteiger partial charge in [0.15, 0.2) is 0 Å². The molecule has 0 fully saturated rings. The van der Waals surface area contributed by atoms with Gasteiger partial charge in [-0.05, 0) is 56.6 Å². The van der Waals surface area contributed by atoms with Crippen LogP contribution in [-0.2, 0) is 37.1 Å². The lowest BCUT2D eigenvalue weighted by atomic mass is 10.0. The first-order chi connectivity index (χ1) is 23.1. The molecule has 0 radical (unpaired) electrons. The second-order valence-electron chi connectivity index (χ2n) is 9.98. The first-order valence-electron chi connectivity index (χ1n) is 14.3. The number of aromatic nitrogens is 2. The quantitative estimate of drug-likeness (QED) is 0.159. The summed E-state index contributed by atoms with van der Waals surface area (Å²) >= 11 is 6.52. The Hall–Kier alpha value is -5.64. The number of nitrogens with one attached hydrogen (secondary N) is 2. The van der Waals surface area contributed by atoms with Crippen LogP contribution in [0.5, 0.6) is 5.75 Å². The Morgan fingerprint density at radius 3 is 2.42 bits per heavy atom. The largest absolute Gasteiger partial charge is 0.486 e. The molecule has 0 aliphatic heterocycles. The van der Waals surface area contributed by atoms with Gasteiger partial charge in [0.25, 0.3) is 0 Å². The van der Waals surface area contributed by atoms with Gasteiger partial charge >= 0.3 is 12.1 Å². The molecule has 13 nitrogen and oxygen atoms in total. The Kier molecular flexibility index (Phi) is 16.4. The number of ether oxygens (including phenoxy) is 2. The number of nitrogens with zero attached hydrogens (tertiary/aromatic N) is 4. The van der Waals surface area contributed by atoms with Crippen LogP contribution in [0.25, 0.3) is 10.9 Å². The molecule has 0 bridgehead atoms. The maximum absolute atomic E-state index is 12.6. The van der Waals surface area contributed by atoms with Crippen LogP contribution in [0.1, 0.15) is 30.2 Å². The number of benzene rings is 2. The fourth-order valence-corrected chi connectivity index (χ4v) is 4.15. The Morgan fingerprint density at radius 1 is 1.10 bits per heavy atom. The van der Waals surface area contributed by atoms with Crippen LogP contribution < -0.4 is 15.4 Å². The molecule has 14 heteroatoms. The van der Waals surface area contributed by atoms with E-state index in [1.165, 1.54) is 12.3 Å². The zero-order valence-corrected chi connectivity index (χ0v) is 27.6. The molecule has 2 aromatic heterocycles. The summed E-state index contributed by atoms with van der Waals surface area (Å²) in [6.07, 6.45) is 6.96. The SMILES string of the molecule is CCC(=O)O.COCc1cc2ncc(C#N)c(Nc3ccc(OCc4ccccn4)c(Cl)c3)c2cc1NC(=O)/C=C/CN(C)C.O=C=O. The molecule has 0 spiro atoms. The maximum Gasteiger partial charge on any atom is 0.373 e. The highest BCUT2D eigenvalue weighted by Gasteiger charge is 2.15. The summed E-state index contributed by atoms with van der Waals surface area (Å²) in [5.41, 5.74) is 4.25. The molecule has 2 aromatic carbocycles. The number of carbonyl (C=O) groups is 2. The lowest BCUT2D eigenvalue weighted by Gasteiger charge is -2.16. The number of carboxylic acid groups (broad SMARTS) is 1. The zero-order chi connectivity index (χ0) is 35.5. The van der Waals surface area contributed by atoms with Gasteiger partial charge in [-0.3, -0.25) is 19.6 Å². The Labute approximate surface area is 282 Å². The second kappa shape index (κ2) is 20.5. The highest BCUT2D eigenvalue weighted by atomic mass is 35.5. The number of aliphatic carboxylic acids is 1. The van der Waals surface area contributed by atoms with Gasteiger partial charge in [0.1, 0.15) is 18.4 Å². The third kappa shape index (κ3) is 12.6. The maximum atomic E-state index is 12.6. The molecule has 2 heterocycles. The van der Waals surface area contributed by atoms with Crippen molar-refractivity contribution in [2.24, 2.45) is 0 Å². The third-order valence-corrected chi connectivity index (χ3v) is 6.41. The predicted molar refractivity (Wildman–Crippen MR) is 180 cm³/mol. The zero-order valence-electron chi connectivity index (χ0n) is 26.8. The number of carboxylic acids is 1. The number of hydrogen-bond acceptors (Lipinski definition) is 11. The highest BCUT2D eigenvalue weighted by Crippen LogP contribution is 2.35. The van der Waals surface area contributed by atoms with Gasteiger partial charge in [0, 0.05) is 60.9 Å². The number of rotatable bonds is 12. The monoisotopic (exact) mass is 674 g/mol. The number of halogens is 1. The van der Waals surface area contributed by atoms with Crippen molar-refractivity contribution in [3.8, 4) is 11.8 Å². The summed E-state index contributed by atoms with van der Waals surface area (Å²) in [5.74, 6) is -0.509. The highest BCUT2D eigenvalue weighted by molar-refractivity contribution is 6.32. The van der Waals surface area contributed by atoms with Crippen LogP contribution in [-0.4, -0.2) is 65.8 Å². The first kappa shape index (κ1) is 38.5. The summed E-state index contributed by atoms with van der Waals surface area (Å²) < 4.78 is 11.2. The minimum atomic E-state index is -0.745. The molecular weight excluding hydrogens is 640 g/mol. The van der Waals surface area contributed by atoms with Gasteiger partial charge in [0.2, 0.25) is 5.91 Å². The van der Waals surface area contributed by atoms with Crippen molar-refractivity contribution in [1.82, 2.24) is 14.9 Å². The summed E-state index contributed by atoms with van der Waals surface area (Å²) in [6.45, 7) is 2.79. The van der Waals surface area contributed by atoms with Crippen LogP contribution >= 0.6 is 11.6 Å². The minimum absolute atomic E-state index is 0.222. The Morgan fingerprint density at radius 2 is 1.83 bits per heavy atom. The Bertz CT molecular complexity index is 1790. The van der Waals surface area contributed by atoms with Gasteiger partial charge in [-0.25, -0.2) is 0 Å². The number of hydrogen-bond donors (Lipinski definition) is 3. The van der Waals surface area contributed by atoms with Crippen molar-refractivity contribution in [3.63, 3.8) is 0 Å². The van der Waals surface area contributed by atoms with Gasteiger partial charge in [-0.15, -0.1) is 0 Å². The van der Waals surface area contributed by atoms with E-state index in [1.54, 1.807) is 44.5 Å². The standard InChI is InChI=1S/C30H29ClN6O3.C3H6O2.CO2/c1-37(2)12-6-8-29(38)36-26-15-24-27(13-20(26)18-39-3)34-17-21(16-32)30(24)35-22-9-10-28(25(31)14-22)40-19-23-7-4-5-11-33-23;1-2-3(4)5;2-1-3/h4-11,13-15,17H,12,18-19H2,1-3H3,(H,34,35)(H,36,38);2H2,1H3,(H,4,5);/b8-6+;;. The van der Waals surface area contributed by atoms with E-state index in [2.05, 4.69) is 26.7 Å². The molecule has 0 aliphatic rings. The predicted octanol–water partition coefficient (Wildman–Crippen LogP) is 5.58. The number of pyridine rings is 2. The topological polar surface area (TPSA) is 184 Å². The average Bonchev–Trinajstić information content (AvgIpc) is 3.06. The normalized spacial score (nSPS) is 10.2. The number of likely N-dealkylation sites (N-methyl/N-ethyl adjacent to an activating group) is 1. The van der Waals surface area contributed by atoms with E-state index >= 15 is 0 Å². The van der Waals surface area contributed by atoms with E-state index in [4.69, 9.17) is 35.8 Å². The summed E-state index contributed by atoms with van der Waals surface area (Å²) in [5, 5.41) is 24.9. The van der Waals surface area contributed by atoms with Gasteiger partial charge in [0.05, 0.1) is 34.1 Å². The number of amides is 1. The van der Waals surface area contributed by atoms with Crippen molar-refractivity contribution in [2.45, 2.75) is 26.6 Å². The van der Waals surface area contributed by atoms with E-state index in [-0.39, 0.29) is 31.7 Å². The molecule has 48 heavy (non-hydrogen) atoms. The number of anilines is 3. The van der Waals surface area contributed by atoms with E-state index in [9.17, 15) is 14.9 Å².